The van der Waals surface area contributed by atoms with E-state index in [1.807, 2.05) is 6.92 Å². The van der Waals surface area contributed by atoms with E-state index >= 15 is 0 Å². The van der Waals surface area contributed by atoms with Crippen molar-refractivity contribution in [2.24, 2.45) is 0 Å². The molecule has 0 atom stereocenters. The number of rotatable bonds is 5. The summed E-state index contributed by atoms with van der Waals surface area (Å²) < 4.78 is 5.44. The van der Waals surface area contributed by atoms with E-state index in [4.69, 9.17) is 4.42 Å². The molecule has 0 amide bonds. The lowest BCUT2D eigenvalue weighted by Crippen LogP contribution is -2.16. The van der Waals surface area contributed by atoms with Crippen LogP contribution in [0.15, 0.2) is 27.4 Å². The molecule has 0 fully saturated rings. The molecule has 0 aliphatic rings. The van der Waals surface area contributed by atoms with Gasteiger partial charge in [-0.15, -0.1) is 10.2 Å². The standard InChI is InChI=1S/C11H14N4O2/c1-2-12-7-6-10-14-15-11(17-10)8-4-3-5-9(16)13-8/h3-5,12H,2,6-7H2,1H3,(H,13,16). The lowest BCUT2D eigenvalue weighted by Gasteiger charge is -1.96. The number of likely N-dealkylation sites (N-methyl/N-ethyl adjacent to an activating group) is 1. The van der Waals surface area contributed by atoms with Gasteiger partial charge in [0.25, 0.3) is 5.89 Å². The molecule has 6 heteroatoms. The Morgan fingerprint density at radius 3 is 3.06 bits per heavy atom. The normalized spacial score (nSPS) is 10.6. The molecule has 0 spiro atoms. The van der Waals surface area contributed by atoms with Crippen molar-refractivity contribution in [1.29, 1.82) is 0 Å². The summed E-state index contributed by atoms with van der Waals surface area (Å²) in [5.74, 6) is 0.903. The van der Waals surface area contributed by atoms with E-state index in [2.05, 4.69) is 20.5 Å². The lowest BCUT2D eigenvalue weighted by atomic mass is 10.3. The number of hydrogen-bond donors (Lipinski definition) is 2. The highest BCUT2D eigenvalue weighted by molar-refractivity contribution is 5.44. The fraction of sp³-hybridized carbons (Fsp3) is 0.364. The molecule has 2 N–H and O–H groups in total. The second-order valence-corrected chi connectivity index (χ2v) is 3.53. The van der Waals surface area contributed by atoms with E-state index in [1.165, 1.54) is 6.07 Å². The van der Waals surface area contributed by atoms with Gasteiger partial charge in [-0.05, 0) is 12.6 Å². The minimum absolute atomic E-state index is 0.185. The Balaban J connectivity index is 2.10. The molecule has 2 rings (SSSR count). The third kappa shape index (κ3) is 3.01. The Kier molecular flexibility index (Phi) is 3.66. The predicted molar refractivity (Wildman–Crippen MR) is 62.6 cm³/mol. The van der Waals surface area contributed by atoms with Crippen LogP contribution in [-0.4, -0.2) is 28.3 Å². The Labute approximate surface area is 98.1 Å². The molecule has 17 heavy (non-hydrogen) atoms. The maximum Gasteiger partial charge on any atom is 0.264 e. The average Bonchev–Trinajstić information content (AvgIpc) is 2.78. The van der Waals surface area contributed by atoms with Crippen LogP contribution in [0.2, 0.25) is 0 Å². The molecular formula is C11H14N4O2. The third-order valence-electron chi connectivity index (χ3n) is 2.23. The van der Waals surface area contributed by atoms with Crippen molar-refractivity contribution in [2.45, 2.75) is 13.3 Å². The molecule has 90 valence electrons. The Morgan fingerprint density at radius 1 is 1.41 bits per heavy atom. The molecule has 0 saturated carbocycles. The Morgan fingerprint density at radius 2 is 2.29 bits per heavy atom. The number of nitrogens with zero attached hydrogens (tertiary/aromatic N) is 2. The van der Waals surface area contributed by atoms with Crippen LogP contribution in [0.25, 0.3) is 11.6 Å². The number of H-pyrrole nitrogens is 1. The zero-order chi connectivity index (χ0) is 12.1. The van der Waals surface area contributed by atoms with Gasteiger partial charge in [-0.1, -0.05) is 13.0 Å². The van der Waals surface area contributed by atoms with Crippen molar-refractivity contribution < 1.29 is 4.42 Å². The maximum absolute atomic E-state index is 11.1. The van der Waals surface area contributed by atoms with Gasteiger partial charge in [-0.25, -0.2) is 0 Å². The number of pyridine rings is 1. The van der Waals surface area contributed by atoms with E-state index in [9.17, 15) is 4.79 Å². The van der Waals surface area contributed by atoms with Crippen LogP contribution in [0.3, 0.4) is 0 Å². The summed E-state index contributed by atoms with van der Waals surface area (Å²) in [6.45, 7) is 3.74. The van der Waals surface area contributed by atoms with Crippen molar-refractivity contribution in [2.75, 3.05) is 13.1 Å². The molecule has 2 aromatic heterocycles. The molecular weight excluding hydrogens is 220 g/mol. The molecule has 0 radical (unpaired) electrons. The first-order valence-corrected chi connectivity index (χ1v) is 5.52. The minimum atomic E-state index is -0.185. The van der Waals surface area contributed by atoms with Crippen molar-refractivity contribution in [3.63, 3.8) is 0 Å². The quantitative estimate of drug-likeness (QED) is 0.739. The van der Waals surface area contributed by atoms with E-state index in [1.54, 1.807) is 12.1 Å². The summed E-state index contributed by atoms with van der Waals surface area (Å²) in [4.78, 5) is 13.8. The minimum Gasteiger partial charge on any atom is -0.419 e. The van der Waals surface area contributed by atoms with Crippen LogP contribution in [0, 0.1) is 0 Å². The second kappa shape index (κ2) is 5.40. The topological polar surface area (TPSA) is 83.8 Å². The highest BCUT2D eigenvalue weighted by Gasteiger charge is 2.08. The lowest BCUT2D eigenvalue weighted by molar-refractivity contribution is 0.495. The third-order valence-corrected chi connectivity index (χ3v) is 2.23. The second-order valence-electron chi connectivity index (χ2n) is 3.53. The van der Waals surface area contributed by atoms with E-state index in [0.29, 0.717) is 23.9 Å². The maximum atomic E-state index is 11.1. The Hall–Kier alpha value is -1.95. The first-order valence-electron chi connectivity index (χ1n) is 5.52. The average molecular weight is 234 g/mol. The van der Waals surface area contributed by atoms with Crippen molar-refractivity contribution in [3.05, 3.63) is 34.4 Å². The largest absolute Gasteiger partial charge is 0.419 e. The number of aromatic nitrogens is 3. The van der Waals surface area contributed by atoms with Gasteiger partial charge >= 0.3 is 0 Å². The highest BCUT2D eigenvalue weighted by Crippen LogP contribution is 2.13. The van der Waals surface area contributed by atoms with Gasteiger partial charge in [-0.2, -0.15) is 0 Å². The fourth-order valence-corrected chi connectivity index (χ4v) is 1.41. The molecule has 6 nitrogen and oxygen atoms in total. The van der Waals surface area contributed by atoms with Crippen molar-refractivity contribution in [1.82, 2.24) is 20.5 Å². The monoisotopic (exact) mass is 234 g/mol. The van der Waals surface area contributed by atoms with Crippen LogP contribution in [0.1, 0.15) is 12.8 Å². The SMILES string of the molecule is CCNCCc1nnc(-c2cccc(=O)[nH]2)o1. The molecule has 2 aromatic rings. The summed E-state index contributed by atoms with van der Waals surface area (Å²) in [7, 11) is 0. The van der Waals surface area contributed by atoms with E-state index in [0.717, 1.165) is 13.1 Å². The van der Waals surface area contributed by atoms with Gasteiger partial charge < -0.3 is 14.7 Å². The molecule has 2 heterocycles. The number of nitrogens with one attached hydrogen (secondary N) is 2. The van der Waals surface area contributed by atoms with Crippen LogP contribution in [0.4, 0.5) is 0 Å². The van der Waals surface area contributed by atoms with Gasteiger partial charge in [0.05, 0.1) is 0 Å². The zero-order valence-electron chi connectivity index (χ0n) is 9.56. The van der Waals surface area contributed by atoms with Gasteiger partial charge in [0.15, 0.2) is 0 Å². The summed E-state index contributed by atoms with van der Waals surface area (Å²) in [5, 5.41) is 11.0. The van der Waals surface area contributed by atoms with E-state index in [-0.39, 0.29) is 5.56 Å². The molecule has 0 aliphatic heterocycles. The molecule has 0 unspecified atom stereocenters. The summed E-state index contributed by atoms with van der Waals surface area (Å²) in [6.07, 6.45) is 0.678. The van der Waals surface area contributed by atoms with Crippen molar-refractivity contribution in [3.8, 4) is 11.6 Å². The molecule has 0 aromatic carbocycles. The fourth-order valence-electron chi connectivity index (χ4n) is 1.41. The number of hydrogen-bond acceptors (Lipinski definition) is 5. The van der Waals surface area contributed by atoms with Crippen molar-refractivity contribution >= 4 is 0 Å². The highest BCUT2D eigenvalue weighted by atomic mass is 16.4. The predicted octanol–water partition coefficient (Wildman–Crippen LogP) is 0.577. The van der Waals surface area contributed by atoms with Crippen LogP contribution in [0.5, 0.6) is 0 Å². The Bertz CT molecular complexity index is 532. The van der Waals surface area contributed by atoms with E-state index < -0.39 is 0 Å². The smallest absolute Gasteiger partial charge is 0.264 e. The summed E-state index contributed by atoms with van der Waals surface area (Å²) in [5.41, 5.74) is 0.356. The zero-order valence-corrected chi connectivity index (χ0v) is 9.56. The number of aromatic amines is 1. The van der Waals surface area contributed by atoms with Gasteiger partial charge in [0, 0.05) is 19.0 Å². The van der Waals surface area contributed by atoms with Gasteiger partial charge in [-0.3, -0.25) is 4.79 Å². The van der Waals surface area contributed by atoms with Crippen LogP contribution < -0.4 is 10.9 Å². The molecule has 0 aliphatic carbocycles. The van der Waals surface area contributed by atoms with Crippen LogP contribution in [-0.2, 0) is 6.42 Å². The first-order chi connectivity index (χ1) is 8.29. The van der Waals surface area contributed by atoms with Gasteiger partial charge in [0.2, 0.25) is 11.4 Å². The van der Waals surface area contributed by atoms with Gasteiger partial charge in [0.1, 0.15) is 5.69 Å². The van der Waals surface area contributed by atoms with Crippen LogP contribution >= 0.6 is 0 Å². The first kappa shape index (κ1) is 11.5. The summed E-state index contributed by atoms with van der Waals surface area (Å²) >= 11 is 0. The summed E-state index contributed by atoms with van der Waals surface area (Å²) in [6, 6.07) is 4.81. The molecule has 0 saturated heterocycles. The molecule has 0 bridgehead atoms.